The Balaban J connectivity index is 1.18. The van der Waals surface area contributed by atoms with Crippen LogP contribution in [0.3, 0.4) is 0 Å². The number of thioether (sulfide) groups is 2. The Hall–Kier alpha value is -1.87. The second-order valence-corrected chi connectivity index (χ2v) is 14.8. The maximum absolute atomic E-state index is 13.6. The maximum atomic E-state index is 13.6. The van der Waals surface area contributed by atoms with Crippen LogP contribution in [0.5, 0.6) is 0 Å². The van der Waals surface area contributed by atoms with E-state index in [-0.39, 0.29) is 45.8 Å². The number of urea groups is 1. The molecule has 202 valence electrons. The highest BCUT2D eigenvalue weighted by atomic mass is 32.2. The minimum absolute atomic E-state index is 0.0530. The lowest BCUT2D eigenvalue weighted by Gasteiger charge is -2.41. The van der Waals surface area contributed by atoms with E-state index in [0.29, 0.717) is 19.6 Å². The van der Waals surface area contributed by atoms with Crippen molar-refractivity contribution in [1.82, 2.24) is 14.7 Å². The van der Waals surface area contributed by atoms with Gasteiger partial charge in [-0.1, -0.05) is 39.0 Å². The van der Waals surface area contributed by atoms with Crippen LogP contribution in [0, 0.1) is 5.41 Å². The Morgan fingerprint density at radius 1 is 1.11 bits per heavy atom. The van der Waals surface area contributed by atoms with Crippen molar-refractivity contribution in [1.29, 1.82) is 0 Å². The van der Waals surface area contributed by atoms with Crippen molar-refractivity contribution in [2.75, 3.05) is 36.5 Å². The van der Waals surface area contributed by atoms with Crippen LogP contribution in [0.1, 0.15) is 64.9 Å². The number of fused-ring (bicyclic) bond motifs is 1. The lowest BCUT2D eigenvalue weighted by Crippen LogP contribution is -2.51. The molecule has 1 aromatic carbocycles. The summed E-state index contributed by atoms with van der Waals surface area (Å²) in [5.41, 5.74) is 2.19. The standard InChI is InChI=1S/C28H40N4O3S2/c1-27(2,3)10-15-32-25(34)23(37-28(32)11-16-36-17-12-28)18-24(33)30-13-8-21(9-14-30)31-19-20-6-4-5-7-22(20)29-26(31)35/h4-7,21,23H,8-19H2,1-3H3,(H,29,35). The number of anilines is 1. The highest BCUT2D eigenvalue weighted by molar-refractivity contribution is 8.03. The number of hydrogen-bond donors (Lipinski definition) is 1. The van der Waals surface area contributed by atoms with Crippen LogP contribution >= 0.6 is 23.5 Å². The molecule has 0 bridgehead atoms. The number of amides is 4. The fraction of sp³-hybridized carbons (Fsp3) is 0.679. The maximum Gasteiger partial charge on any atom is 0.322 e. The van der Waals surface area contributed by atoms with Gasteiger partial charge in [0.15, 0.2) is 0 Å². The Kier molecular flexibility index (Phi) is 7.74. The first kappa shape index (κ1) is 26.7. The van der Waals surface area contributed by atoms with Crippen LogP contribution in [0.15, 0.2) is 24.3 Å². The van der Waals surface area contributed by atoms with E-state index >= 15 is 0 Å². The number of likely N-dealkylation sites (tertiary alicyclic amines) is 1. The minimum atomic E-state index is -0.280. The third-order valence-corrected chi connectivity index (χ3v) is 10.9. The molecule has 37 heavy (non-hydrogen) atoms. The van der Waals surface area contributed by atoms with E-state index in [2.05, 4.69) is 37.1 Å². The first-order valence-electron chi connectivity index (χ1n) is 13.7. The zero-order chi connectivity index (χ0) is 26.2. The van der Waals surface area contributed by atoms with Crippen molar-refractivity contribution < 1.29 is 14.4 Å². The van der Waals surface area contributed by atoms with E-state index < -0.39 is 0 Å². The molecule has 4 amide bonds. The molecule has 3 saturated heterocycles. The topological polar surface area (TPSA) is 73.0 Å². The summed E-state index contributed by atoms with van der Waals surface area (Å²) >= 11 is 3.73. The van der Waals surface area contributed by atoms with E-state index in [4.69, 9.17) is 0 Å². The number of hydrogen-bond acceptors (Lipinski definition) is 5. The van der Waals surface area contributed by atoms with Gasteiger partial charge in [-0.3, -0.25) is 9.59 Å². The predicted octanol–water partition coefficient (Wildman–Crippen LogP) is 5.02. The molecule has 9 heteroatoms. The third-order valence-electron chi connectivity index (χ3n) is 8.23. The molecule has 7 nitrogen and oxygen atoms in total. The number of nitrogens with one attached hydrogen (secondary N) is 1. The summed E-state index contributed by atoms with van der Waals surface area (Å²) in [5.74, 6) is 2.40. The van der Waals surface area contributed by atoms with Crippen LogP contribution in [-0.2, 0) is 16.1 Å². The van der Waals surface area contributed by atoms with Gasteiger partial charge in [-0.15, -0.1) is 11.8 Å². The van der Waals surface area contributed by atoms with E-state index in [0.717, 1.165) is 61.4 Å². The number of benzene rings is 1. The lowest BCUT2D eigenvalue weighted by atomic mass is 9.91. The summed E-state index contributed by atoms with van der Waals surface area (Å²) in [6, 6.07) is 8.00. The van der Waals surface area contributed by atoms with Crippen molar-refractivity contribution in [3.05, 3.63) is 29.8 Å². The molecule has 1 unspecified atom stereocenters. The van der Waals surface area contributed by atoms with Crippen LogP contribution in [0.4, 0.5) is 10.5 Å². The zero-order valence-electron chi connectivity index (χ0n) is 22.3. The first-order chi connectivity index (χ1) is 17.7. The number of carbonyl (C=O) groups excluding carboxylic acids is 3. The normalized spacial score (nSPS) is 24.4. The van der Waals surface area contributed by atoms with Gasteiger partial charge < -0.3 is 20.0 Å². The summed E-state index contributed by atoms with van der Waals surface area (Å²) in [4.78, 5) is 45.5. The molecular weight excluding hydrogens is 504 g/mol. The molecule has 0 aromatic heterocycles. The summed E-state index contributed by atoms with van der Waals surface area (Å²) in [6.07, 6.45) is 4.81. The molecule has 5 rings (SSSR count). The number of nitrogens with zero attached hydrogens (tertiary/aromatic N) is 3. The predicted molar refractivity (Wildman–Crippen MR) is 152 cm³/mol. The van der Waals surface area contributed by atoms with Gasteiger partial charge >= 0.3 is 6.03 Å². The van der Waals surface area contributed by atoms with Crippen LogP contribution in [0.25, 0.3) is 0 Å². The largest absolute Gasteiger partial charge is 0.342 e. The number of rotatable bonds is 5. The van der Waals surface area contributed by atoms with E-state index in [9.17, 15) is 14.4 Å². The molecular formula is C28H40N4O3S2. The summed E-state index contributed by atoms with van der Waals surface area (Å²) in [5, 5.41) is 2.73. The smallest absolute Gasteiger partial charge is 0.322 e. The molecule has 1 atom stereocenters. The third kappa shape index (κ3) is 5.77. The molecule has 4 aliphatic heterocycles. The van der Waals surface area contributed by atoms with Gasteiger partial charge in [0, 0.05) is 44.3 Å². The van der Waals surface area contributed by atoms with E-state index in [1.165, 1.54) is 0 Å². The lowest BCUT2D eigenvalue weighted by molar-refractivity contribution is -0.138. The van der Waals surface area contributed by atoms with Crippen molar-refractivity contribution in [3.63, 3.8) is 0 Å². The number of para-hydroxylation sites is 1. The molecule has 0 aliphatic carbocycles. The summed E-state index contributed by atoms with van der Waals surface area (Å²) in [7, 11) is 0. The highest BCUT2D eigenvalue weighted by Crippen LogP contribution is 2.50. The van der Waals surface area contributed by atoms with Crippen molar-refractivity contribution in [3.8, 4) is 0 Å². The zero-order valence-corrected chi connectivity index (χ0v) is 24.0. The fourth-order valence-electron chi connectivity index (χ4n) is 5.95. The SMILES string of the molecule is CC(C)(C)CCN1C(=O)C(CC(=O)N2CCC(N3Cc4ccccc4NC3=O)CC2)SC12CCSCC2. The summed E-state index contributed by atoms with van der Waals surface area (Å²) in [6.45, 7) is 9.32. The van der Waals surface area contributed by atoms with Gasteiger partial charge in [0.1, 0.15) is 0 Å². The van der Waals surface area contributed by atoms with Gasteiger partial charge in [-0.05, 0) is 60.7 Å². The molecule has 1 aromatic rings. The minimum Gasteiger partial charge on any atom is -0.342 e. The van der Waals surface area contributed by atoms with Gasteiger partial charge in [0.25, 0.3) is 0 Å². The quantitative estimate of drug-likeness (QED) is 0.564. The van der Waals surface area contributed by atoms with E-state index in [1.54, 1.807) is 11.8 Å². The van der Waals surface area contributed by atoms with Crippen molar-refractivity contribution in [2.24, 2.45) is 5.41 Å². The second kappa shape index (κ2) is 10.7. The fourth-order valence-corrected chi connectivity index (χ4v) is 9.11. The van der Waals surface area contributed by atoms with Crippen molar-refractivity contribution >= 4 is 47.1 Å². The van der Waals surface area contributed by atoms with Gasteiger partial charge in [0.2, 0.25) is 11.8 Å². The highest BCUT2D eigenvalue weighted by Gasteiger charge is 2.52. The number of carbonyl (C=O) groups is 3. The van der Waals surface area contributed by atoms with Crippen LogP contribution in [-0.4, -0.2) is 79.8 Å². The average molecular weight is 545 g/mol. The molecule has 1 spiro atoms. The Morgan fingerprint density at radius 2 is 1.81 bits per heavy atom. The van der Waals surface area contributed by atoms with E-state index in [1.807, 2.05) is 39.8 Å². The van der Waals surface area contributed by atoms with Gasteiger partial charge in [-0.25, -0.2) is 4.79 Å². The molecule has 3 fully saturated rings. The molecule has 1 N–H and O–H groups in total. The van der Waals surface area contributed by atoms with Gasteiger partial charge in [-0.2, -0.15) is 11.8 Å². The number of piperidine rings is 1. The average Bonchev–Trinajstić information content (AvgIpc) is 3.11. The molecule has 4 aliphatic rings. The summed E-state index contributed by atoms with van der Waals surface area (Å²) < 4.78 is 0. The Bertz CT molecular complexity index is 1030. The molecule has 0 saturated carbocycles. The van der Waals surface area contributed by atoms with Crippen molar-refractivity contribution in [2.45, 2.75) is 82.0 Å². The Labute approximate surface area is 229 Å². The molecule has 0 radical (unpaired) electrons. The van der Waals surface area contributed by atoms with Crippen LogP contribution in [0.2, 0.25) is 0 Å². The van der Waals surface area contributed by atoms with Crippen LogP contribution < -0.4 is 5.32 Å². The van der Waals surface area contributed by atoms with Gasteiger partial charge in [0.05, 0.1) is 10.1 Å². The molecule has 4 heterocycles. The Morgan fingerprint density at radius 3 is 2.51 bits per heavy atom. The first-order valence-corrected chi connectivity index (χ1v) is 15.7. The second-order valence-electron chi connectivity index (χ2n) is 12.0. The monoisotopic (exact) mass is 544 g/mol.